The lowest BCUT2D eigenvalue weighted by Gasteiger charge is -2.26. The molecule has 1 aromatic carbocycles. The third-order valence-corrected chi connectivity index (χ3v) is 5.74. The topological polar surface area (TPSA) is 72.3 Å². The average molecular weight is 404 g/mol. The molecule has 1 aliphatic rings. The van der Waals surface area contributed by atoms with Crippen molar-refractivity contribution < 1.29 is 9.53 Å². The van der Waals surface area contributed by atoms with E-state index in [4.69, 9.17) is 4.74 Å². The van der Waals surface area contributed by atoms with Crippen LogP contribution in [-0.4, -0.2) is 57.6 Å². The second kappa shape index (κ2) is 10.0. The second-order valence-electron chi connectivity index (χ2n) is 7.15. The van der Waals surface area contributed by atoms with Crippen LogP contribution < -0.4 is 5.32 Å². The standard InChI is InChI=1S/C20H29N5O2S/c1-4-25-18(13-24-9-11-27-12-10-24)22-23-20(25)28-14-19(26)21-17-7-5-16(6-8-17)15(2)3/h5-8,15H,4,9-14H2,1-3H3,(H,21,26). The van der Waals surface area contributed by atoms with Crippen molar-refractivity contribution in [1.29, 1.82) is 0 Å². The van der Waals surface area contributed by atoms with E-state index in [1.807, 2.05) is 12.1 Å². The molecule has 3 rings (SSSR count). The minimum Gasteiger partial charge on any atom is -0.379 e. The number of carbonyl (C=O) groups is 1. The summed E-state index contributed by atoms with van der Waals surface area (Å²) in [5.41, 5.74) is 2.08. The Labute approximate surface area is 170 Å². The van der Waals surface area contributed by atoms with Gasteiger partial charge in [0.05, 0.1) is 25.5 Å². The highest BCUT2D eigenvalue weighted by molar-refractivity contribution is 7.99. The molecule has 0 unspecified atom stereocenters. The number of ether oxygens (including phenoxy) is 1. The largest absolute Gasteiger partial charge is 0.379 e. The van der Waals surface area contributed by atoms with Crippen LogP contribution in [0, 0.1) is 0 Å². The van der Waals surface area contributed by atoms with Crippen molar-refractivity contribution in [2.75, 3.05) is 37.4 Å². The molecule has 0 bridgehead atoms. The fourth-order valence-corrected chi connectivity index (χ4v) is 3.92. The fraction of sp³-hybridized carbons (Fsp3) is 0.550. The number of hydrogen-bond donors (Lipinski definition) is 1. The van der Waals surface area contributed by atoms with Crippen LogP contribution >= 0.6 is 11.8 Å². The number of rotatable bonds is 8. The molecule has 1 saturated heterocycles. The zero-order valence-corrected chi connectivity index (χ0v) is 17.7. The predicted molar refractivity (Wildman–Crippen MR) is 112 cm³/mol. The van der Waals surface area contributed by atoms with Gasteiger partial charge in [0.2, 0.25) is 5.91 Å². The molecule has 7 nitrogen and oxygen atoms in total. The van der Waals surface area contributed by atoms with Gasteiger partial charge in [-0.3, -0.25) is 9.69 Å². The third kappa shape index (κ3) is 5.56. The summed E-state index contributed by atoms with van der Waals surface area (Å²) in [6.07, 6.45) is 0. The molecule has 2 aromatic rings. The molecule has 0 spiro atoms. The van der Waals surface area contributed by atoms with E-state index in [-0.39, 0.29) is 5.91 Å². The van der Waals surface area contributed by atoms with Crippen molar-refractivity contribution in [3.63, 3.8) is 0 Å². The van der Waals surface area contributed by atoms with Gasteiger partial charge in [-0.15, -0.1) is 10.2 Å². The first-order valence-corrected chi connectivity index (χ1v) is 10.8. The summed E-state index contributed by atoms with van der Waals surface area (Å²) in [4.78, 5) is 14.6. The number of carbonyl (C=O) groups excluding carboxylic acids is 1. The van der Waals surface area contributed by atoms with Crippen LogP contribution in [0.25, 0.3) is 0 Å². The quantitative estimate of drug-likeness (QED) is 0.683. The predicted octanol–water partition coefficient (Wildman–Crippen LogP) is 2.98. The van der Waals surface area contributed by atoms with Gasteiger partial charge in [0, 0.05) is 25.3 Å². The maximum Gasteiger partial charge on any atom is 0.234 e. The molecule has 2 heterocycles. The molecule has 8 heteroatoms. The summed E-state index contributed by atoms with van der Waals surface area (Å²) in [7, 11) is 0. The average Bonchev–Trinajstić information content (AvgIpc) is 3.09. The number of aromatic nitrogens is 3. The number of amides is 1. The second-order valence-corrected chi connectivity index (χ2v) is 8.09. The summed E-state index contributed by atoms with van der Waals surface area (Å²) < 4.78 is 7.49. The zero-order chi connectivity index (χ0) is 19.9. The molecule has 1 N–H and O–H groups in total. The van der Waals surface area contributed by atoms with Gasteiger partial charge >= 0.3 is 0 Å². The highest BCUT2D eigenvalue weighted by atomic mass is 32.2. The molecular weight excluding hydrogens is 374 g/mol. The summed E-state index contributed by atoms with van der Waals surface area (Å²) >= 11 is 1.42. The van der Waals surface area contributed by atoms with Crippen LogP contribution in [0.5, 0.6) is 0 Å². The van der Waals surface area contributed by atoms with Gasteiger partial charge in [-0.05, 0) is 30.5 Å². The van der Waals surface area contributed by atoms with E-state index in [1.165, 1.54) is 17.3 Å². The monoisotopic (exact) mass is 403 g/mol. The molecular formula is C20H29N5O2S. The first-order chi connectivity index (χ1) is 13.6. The van der Waals surface area contributed by atoms with Crippen LogP contribution in [0.3, 0.4) is 0 Å². The van der Waals surface area contributed by atoms with E-state index in [0.717, 1.165) is 56.1 Å². The number of thioether (sulfide) groups is 1. The van der Waals surface area contributed by atoms with Crippen molar-refractivity contribution in [2.45, 2.75) is 44.9 Å². The van der Waals surface area contributed by atoms with Crippen molar-refractivity contribution >= 4 is 23.4 Å². The third-order valence-electron chi connectivity index (χ3n) is 4.77. The van der Waals surface area contributed by atoms with Crippen molar-refractivity contribution in [3.05, 3.63) is 35.7 Å². The molecule has 1 fully saturated rings. The van der Waals surface area contributed by atoms with E-state index in [0.29, 0.717) is 11.7 Å². The first kappa shape index (κ1) is 20.8. The lowest BCUT2D eigenvalue weighted by Crippen LogP contribution is -2.36. The Kier molecular flexibility index (Phi) is 7.47. The number of benzene rings is 1. The molecule has 28 heavy (non-hydrogen) atoms. The van der Waals surface area contributed by atoms with Crippen LogP contribution in [0.4, 0.5) is 5.69 Å². The summed E-state index contributed by atoms with van der Waals surface area (Å²) in [6, 6.07) is 8.01. The SMILES string of the molecule is CCn1c(CN2CCOCC2)nnc1SCC(=O)Nc1ccc(C(C)C)cc1. The minimum atomic E-state index is -0.0392. The van der Waals surface area contributed by atoms with Crippen molar-refractivity contribution in [1.82, 2.24) is 19.7 Å². The Hall–Kier alpha value is -1.90. The maximum absolute atomic E-state index is 12.3. The van der Waals surface area contributed by atoms with E-state index in [9.17, 15) is 4.79 Å². The van der Waals surface area contributed by atoms with Gasteiger partial charge in [-0.1, -0.05) is 37.7 Å². The number of hydrogen-bond acceptors (Lipinski definition) is 6. The molecule has 0 radical (unpaired) electrons. The van der Waals surface area contributed by atoms with Crippen LogP contribution in [0.1, 0.15) is 38.1 Å². The maximum atomic E-state index is 12.3. The number of nitrogens with zero attached hydrogens (tertiary/aromatic N) is 4. The van der Waals surface area contributed by atoms with Crippen LogP contribution in [0.2, 0.25) is 0 Å². The van der Waals surface area contributed by atoms with Crippen molar-refractivity contribution in [2.24, 2.45) is 0 Å². The molecule has 0 atom stereocenters. The Morgan fingerprint density at radius 2 is 1.93 bits per heavy atom. The van der Waals surface area contributed by atoms with Crippen LogP contribution in [-0.2, 0) is 22.6 Å². The van der Waals surface area contributed by atoms with E-state index in [2.05, 4.69) is 57.9 Å². The van der Waals surface area contributed by atoms with Gasteiger partial charge in [0.15, 0.2) is 5.16 Å². The van der Waals surface area contributed by atoms with E-state index < -0.39 is 0 Å². The summed E-state index contributed by atoms with van der Waals surface area (Å²) in [5.74, 6) is 1.69. The van der Waals surface area contributed by atoms with Gasteiger partial charge in [-0.25, -0.2) is 0 Å². The van der Waals surface area contributed by atoms with Crippen LogP contribution in [0.15, 0.2) is 29.4 Å². The summed E-state index contributed by atoms with van der Waals surface area (Å²) in [6.45, 7) is 11.3. The number of morpholine rings is 1. The van der Waals surface area contributed by atoms with Crippen molar-refractivity contribution in [3.8, 4) is 0 Å². The molecule has 1 aliphatic heterocycles. The number of nitrogens with one attached hydrogen (secondary N) is 1. The van der Waals surface area contributed by atoms with Gasteiger partial charge in [0.1, 0.15) is 5.82 Å². The van der Waals surface area contributed by atoms with Gasteiger partial charge in [-0.2, -0.15) is 0 Å². The lowest BCUT2D eigenvalue weighted by molar-refractivity contribution is -0.113. The fourth-order valence-electron chi connectivity index (χ4n) is 3.10. The molecule has 152 valence electrons. The Bertz CT molecular complexity index is 769. The van der Waals surface area contributed by atoms with E-state index in [1.54, 1.807) is 0 Å². The lowest BCUT2D eigenvalue weighted by atomic mass is 10.0. The molecule has 0 saturated carbocycles. The first-order valence-electron chi connectivity index (χ1n) is 9.81. The van der Waals surface area contributed by atoms with Gasteiger partial charge < -0.3 is 14.6 Å². The summed E-state index contributed by atoms with van der Waals surface area (Å²) in [5, 5.41) is 12.4. The number of anilines is 1. The minimum absolute atomic E-state index is 0.0392. The Balaban J connectivity index is 1.54. The highest BCUT2D eigenvalue weighted by Gasteiger charge is 2.17. The Morgan fingerprint density at radius 3 is 2.57 bits per heavy atom. The highest BCUT2D eigenvalue weighted by Crippen LogP contribution is 2.20. The molecule has 1 amide bonds. The van der Waals surface area contributed by atoms with E-state index >= 15 is 0 Å². The molecule has 1 aromatic heterocycles. The Morgan fingerprint density at radius 1 is 1.21 bits per heavy atom. The smallest absolute Gasteiger partial charge is 0.234 e. The molecule has 0 aliphatic carbocycles. The van der Waals surface area contributed by atoms with Gasteiger partial charge in [0.25, 0.3) is 0 Å². The normalized spacial score (nSPS) is 15.1. The zero-order valence-electron chi connectivity index (χ0n) is 16.9.